The lowest BCUT2D eigenvalue weighted by molar-refractivity contribution is -0.659. The van der Waals surface area contributed by atoms with Gasteiger partial charge in [-0.05, 0) is 56.7 Å². The van der Waals surface area contributed by atoms with Crippen LogP contribution >= 0.6 is 0 Å². The zero-order valence-corrected chi connectivity index (χ0v) is 15.2. The van der Waals surface area contributed by atoms with Crippen LogP contribution in [0.4, 0.5) is 15.8 Å². The standard InChI is InChI=1S/C20H26FN3O/c1-4-24(5-2)18-10-11-19(15(3)12-18)23-20(25)14-22-13-16-6-8-17(21)9-7-16/h6-12,22H,4-5,13-14H2,1-3H3,(H,23,25)/p+1. The Balaban J connectivity index is 1.86. The summed E-state index contributed by atoms with van der Waals surface area (Å²) in [5.74, 6) is -0.286. The number of amides is 1. The number of benzene rings is 2. The number of hydrogen-bond acceptors (Lipinski definition) is 2. The third-order valence-electron chi connectivity index (χ3n) is 4.24. The molecular formula is C20H27FN3O+. The van der Waals surface area contributed by atoms with E-state index in [1.165, 1.54) is 17.8 Å². The first-order valence-corrected chi connectivity index (χ1v) is 8.75. The summed E-state index contributed by atoms with van der Waals surface area (Å²) in [5.41, 5.74) is 4.06. The normalized spacial score (nSPS) is 10.6. The zero-order chi connectivity index (χ0) is 18.2. The Morgan fingerprint density at radius 1 is 1.12 bits per heavy atom. The molecule has 0 atom stereocenters. The van der Waals surface area contributed by atoms with Crippen LogP contribution in [-0.4, -0.2) is 25.5 Å². The molecule has 0 aliphatic heterocycles. The average molecular weight is 344 g/mol. The maximum Gasteiger partial charge on any atom is 0.279 e. The van der Waals surface area contributed by atoms with Gasteiger partial charge in [-0.3, -0.25) is 4.79 Å². The molecule has 0 unspecified atom stereocenters. The molecule has 1 amide bonds. The Bertz CT molecular complexity index is 697. The summed E-state index contributed by atoms with van der Waals surface area (Å²) in [6.45, 7) is 9.16. The predicted octanol–water partition coefficient (Wildman–Crippen LogP) is 2.68. The van der Waals surface area contributed by atoms with Crippen molar-refractivity contribution in [1.82, 2.24) is 0 Å². The maximum absolute atomic E-state index is 12.9. The molecule has 0 heterocycles. The molecule has 0 bridgehead atoms. The van der Waals surface area contributed by atoms with Crippen molar-refractivity contribution in [3.05, 3.63) is 59.4 Å². The lowest BCUT2D eigenvalue weighted by Crippen LogP contribution is -2.84. The molecule has 3 N–H and O–H groups in total. The number of carbonyl (C=O) groups excluding carboxylic acids is 1. The number of quaternary nitrogens is 1. The zero-order valence-electron chi connectivity index (χ0n) is 15.2. The number of hydrogen-bond donors (Lipinski definition) is 2. The highest BCUT2D eigenvalue weighted by Crippen LogP contribution is 2.22. The Labute approximate surface area is 149 Å². The van der Waals surface area contributed by atoms with Crippen LogP contribution in [0.5, 0.6) is 0 Å². The summed E-state index contributed by atoms with van der Waals surface area (Å²) in [6.07, 6.45) is 0. The largest absolute Gasteiger partial charge is 0.372 e. The SMILES string of the molecule is CCN(CC)c1ccc(NC(=O)C[NH2+]Cc2ccc(F)cc2)c(C)c1. The highest BCUT2D eigenvalue weighted by molar-refractivity contribution is 5.92. The van der Waals surface area contributed by atoms with E-state index in [0.717, 1.165) is 29.9 Å². The lowest BCUT2D eigenvalue weighted by Gasteiger charge is -2.22. The second-order valence-corrected chi connectivity index (χ2v) is 6.04. The Morgan fingerprint density at radius 2 is 1.80 bits per heavy atom. The van der Waals surface area contributed by atoms with Crippen molar-refractivity contribution in [3.8, 4) is 0 Å². The number of nitrogens with zero attached hydrogens (tertiary/aromatic N) is 1. The smallest absolute Gasteiger partial charge is 0.279 e. The summed E-state index contributed by atoms with van der Waals surface area (Å²) < 4.78 is 12.9. The molecule has 0 spiro atoms. The van der Waals surface area contributed by atoms with Gasteiger partial charge in [-0.2, -0.15) is 0 Å². The van der Waals surface area contributed by atoms with Gasteiger partial charge in [0.25, 0.3) is 5.91 Å². The molecule has 4 nitrogen and oxygen atoms in total. The van der Waals surface area contributed by atoms with Crippen molar-refractivity contribution in [2.24, 2.45) is 0 Å². The number of rotatable bonds is 8. The molecule has 2 rings (SSSR count). The third kappa shape index (κ3) is 5.57. The minimum Gasteiger partial charge on any atom is -0.372 e. The van der Waals surface area contributed by atoms with E-state index in [0.29, 0.717) is 13.1 Å². The Morgan fingerprint density at radius 3 is 2.40 bits per heavy atom. The highest BCUT2D eigenvalue weighted by atomic mass is 19.1. The van der Waals surface area contributed by atoms with E-state index in [2.05, 4.69) is 30.1 Å². The van der Waals surface area contributed by atoms with Crippen LogP contribution in [0.1, 0.15) is 25.0 Å². The Kier molecular flexibility index (Phi) is 6.95. The van der Waals surface area contributed by atoms with E-state index in [1.54, 1.807) is 12.1 Å². The molecule has 2 aromatic rings. The molecule has 134 valence electrons. The molecule has 0 saturated carbocycles. The van der Waals surface area contributed by atoms with Gasteiger partial charge in [0.1, 0.15) is 12.4 Å². The molecule has 0 radical (unpaired) electrons. The van der Waals surface area contributed by atoms with E-state index in [9.17, 15) is 9.18 Å². The topological polar surface area (TPSA) is 49.0 Å². The van der Waals surface area contributed by atoms with Crippen LogP contribution in [0.3, 0.4) is 0 Å². The Hall–Kier alpha value is -2.40. The van der Waals surface area contributed by atoms with Crippen LogP contribution in [0.15, 0.2) is 42.5 Å². The van der Waals surface area contributed by atoms with Crippen LogP contribution in [0.25, 0.3) is 0 Å². The van der Waals surface area contributed by atoms with Crippen molar-refractivity contribution in [1.29, 1.82) is 0 Å². The van der Waals surface area contributed by atoms with Crippen LogP contribution in [0, 0.1) is 12.7 Å². The summed E-state index contributed by atoms with van der Waals surface area (Å²) in [6, 6.07) is 12.4. The van der Waals surface area contributed by atoms with Gasteiger partial charge in [-0.15, -0.1) is 0 Å². The van der Waals surface area contributed by atoms with Crippen molar-refractivity contribution >= 4 is 17.3 Å². The monoisotopic (exact) mass is 344 g/mol. The molecule has 5 heteroatoms. The first-order chi connectivity index (χ1) is 12.0. The molecule has 0 aliphatic carbocycles. The summed E-state index contributed by atoms with van der Waals surface area (Å²) in [7, 11) is 0. The average Bonchev–Trinajstić information content (AvgIpc) is 2.60. The molecule has 2 aromatic carbocycles. The second kappa shape index (κ2) is 9.18. The molecular weight excluding hydrogens is 317 g/mol. The number of anilines is 2. The number of nitrogens with one attached hydrogen (secondary N) is 1. The minimum atomic E-state index is -0.245. The van der Waals surface area contributed by atoms with Crippen LogP contribution < -0.4 is 15.5 Å². The van der Waals surface area contributed by atoms with E-state index < -0.39 is 0 Å². The first kappa shape index (κ1) is 18.9. The van der Waals surface area contributed by atoms with Crippen molar-refractivity contribution in [2.75, 3.05) is 29.9 Å². The van der Waals surface area contributed by atoms with Crippen molar-refractivity contribution in [2.45, 2.75) is 27.3 Å². The number of carbonyl (C=O) groups is 1. The summed E-state index contributed by atoms with van der Waals surface area (Å²) in [5, 5.41) is 4.86. The predicted molar refractivity (Wildman–Crippen MR) is 100 cm³/mol. The molecule has 25 heavy (non-hydrogen) atoms. The van der Waals surface area contributed by atoms with Gasteiger partial charge < -0.3 is 15.5 Å². The van der Waals surface area contributed by atoms with Crippen molar-refractivity contribution < 1.29 is 14.5 Å². The molecule has 0 aromatic heterocycles. The van der Waals surface area contributed by atoms with Gasteiger partial charge >= 0.3 is 0 Å². The molecule has 0 fully saturated rings. The van der Waals surface area contributed by atoms with Gasteiger partial charge in [-0.25, -0.2) is 4.39 Å². The quantitative estimate of drug-likeness (QED) is 0.773. The fraction of sp³-hybridized carbons (Fsp3) is 0.350. The summed E-state index contributed by atoms with van der Waals surface area (Å²) in [4.78, 5) is 14.4. The first-order valence-electron chi connectivity index (χ1n) is 8.75. The molecule has 0 aliphatic rings. The third-order valence-corrected chi connectivity index (χ3v) is 4.24. The van der Waals surface area contributed by atoms with Crippen LogP contribution in [-0.2, 0) is 11.3 Å². The number of halogens is 1. The van der Waals surface area contributed by atoms with E-state index in [4.69, 9.17) is 0 Å². The molecule has 0 saturated heterocycles. The van der Waals surface area contributed by atoms with Gasteiger partial charge in [0.05, 0.1) is 0 Å². The second-order valence-electron chi connectivity index (χ2n) is 6.04. The van der Waals surface area contributed by atoms with Gasteiger partial charge in [0, 0.05) is 30.0 Å². The minimum absolute atomic E-state index is 0.0409. The van der Waals surface area contributed by atoms with Crippen LogP contribution in [0.2, 0.25) is 0 Å². The number of nitrogens with two attached hydrogens (primary N) is 1. The van der Waals surface area contributed by atoms with Gasteiger partial charge in [0.2, 0.25) is 0 Å². The fourth-order valence-electron chi connectivity index (χ4n) is 2.77. The summed E-state index contributed by atoms with van der Waals surface area (Å²) >= 11 is 0. The number of aryl methyl sites for hydroxylation is 1. The fourth-order valence-corrected chi connectivity index (χ4v) is 2.77. The van der Waals surface area contributed by atoms with Gasteiger partial charge in [-0.1, -0.05) is 12.1 Å². The van der Waals surface area contributed by atoms with Crippen molar-refractivity contribution in [3.63, 3.8) is 0 Å². The highest BCUT2D eigenvalue weighted by Gasteiger charge is 2.09. The van der Waals surface area contributed by atoms with E-state index in [1.807, 2.05) is 24.4 Å². The maximum atomic E-state index is 12.9. The van der Waals surface area contributed by atoms with Gasteiger partial charge in [0.15, 0.2) is 6.54 Å². The lowest BCUT2D eigenvalue weighted by atomic mass is 10.1. The van der Waals surface area contributed by atoms with E-state index in [-0.39, 0.29) is 11.7 Å². The van der Waals surface area contributed by atoms with E-state index >= 15 is 0 Å².